The molecule has 2 N–H and O–H groups in total. The van der Waals surface area contributed by atoms with Crippen LogP contribution in [0.25, 0.3) is 22.2 Å². The van der Waals surface area contributed by atoms with E-state index in [-0.39, 0.29) is 0 Å². The van der Waals surface area contributed by atoms with Crippen molar-refractivity contribution < 1.29 is 9.53 Å². The van der Waals surface area contributed by atoms with Gasteiger partial charge in [0.1, 0.15) is 5.65 Å². The van der Waals surface area contributed by atoms with Crippen LogP contribution < -0.4 is 5.73 Å². The molecule has 0 atom stereocenters. The van der Waals surface area contributed by atoms with Crippen LogP contribution in [0.15, 0.2) is 42.7 Å². The van der Waals surface area contributed by atoms with E-state index in [2.05, 4.69) is 47.3 Å². The summed E-state index contributed by atoms with van der Waals surface area (Å²) in [5, 5.41) is 0.764. The monoisotopic (exact) mass is 337 g/mol. The molecule has 3 rings (SSSR count). The highest BCUT2D eigenvalue weighted by Crippen LogP contribution is 2.23. The maximum Gasteiger partial charge on any atom is 0.324 e. The normalized spacial score (nSPS) is 11.3. The van der Waals surface area contributed by atoms with Crippen molar-refractivity contribution in [1.82, 2.24) is 14.5 Å². The van der Waals surface area contributed by atoms with E-state index >= 15 is 0 Å². The van der Waals surface area contributed by atoms with Crippen LogP contribution in [-0.2, 0) is 11.3 Å². The summed E-state index contributed by atoms with van der Waals surface area (Å²) in [5.41, 5.74) is 9.12. The Bertz CT molecular complexity index is 871. The summed E-state index contributed by atoms with van der Waals surface area (Å²) in [6, 6.07) is 12.8. The van der Waals surface area contributed by atoms with Crippen LogP contribution in [0.2, 0.25) is 0 Å². The number of likely N-dealkylation sites (N-methyl/N-ethyl adjacent to an activating group) is 1. The quantitative estimate of drug-likeness (QED) is 0.750. The summed E-state index contributed by atoms with van der Waals surface area (Å²) in [6.07, 6.45) is 3.26. The lowest BCUT2D eigenvalue weighted by atomic mass is 10.0. The third kappa shape index (κ3) is 3.87. The molecule has 2 aromatic heterocycles. The number of hydrogen-bond donors (Lipinski definition) is 1. The first-order valence-corrected chi connectivity index (χ1v) is 8.04. The molecule has 25 heavy (non-hydrogen) atoms. The SMILES string of the molecule is COCCN(C)Cc1ccc(-c2cnc3c([c]cn3C(N)=O)c2)cc1. The zero-order valence-electron chi connectivity index (χ0n) is 14.4. The molecule has 0 bridgehead atoms. The highest BCUT2D eigenvalue weighted by Gasteiger charge is 2.09. The number of nitrogens with zero attached hydrogens (tertiary/aromatic N) is 3. The van der Waals surface area contributed by atoms with Gasteiger partial charge in [0, 0.05) is 49.6 Å². The summed E-state index contributed by atoms with van der Waals surface area (Å²) in [4.78, 5) is 17.9. The van der Waals surface area contributed by atoms with Crippen molar-refractivity contribution in [3.8, 4) is 11.1 Å². The summed E-state index contributed by atoms with van der Waals surface area (Å²) >= 11 is 0. The van der Waals surface area contributed by atoms with Crippen LogP contribution in [0.4, 0.5) is 4.79 Å². The zero-order valence-corrected chi connectivity index (χ0v) is 14.4. The third-order valence-electron chi connectivity index (χ3n) is 4.10. The van der Waals surface area contributed by atoms with Gasteiger partial charge in [0.2, 0.25) is 0 Å². The molecule has 1 amide bonds. The maximum absolute atomic E-state index is 11.3. The van der Waals surface area contributed by atoms with Crippen LogP contribution in [0.5, 0.6) is 0 Å². The van der Waals surface area contributed by atoms with Gasteiger partial charge in [-0.25, -0.2) is 9.78 Å². The van der Waals surface area contributed by atoms with Gasteiger partial charge in [-0.2, -0.15) is 0 Å². The summed E-state index contributed by atoms with van der Waals surface area (Å²) in [6.45, 7) is 2.49. The predicted octanol–water partition coefficient (Wildman–Crippen LogP) is 2.51. The standard InChI is InChI=1S/C19H21N4O2/c1-22(9-10-25-2)13-14-3-5-15(6-4-14)17-11-16-7-8-23(19(20)24)18(16)21-12-17/h3-6,8,11-12H,9-10,13H2,1-2H3,(H2,20,24). The van der Waals surface area contributed by atoms with Crippen molar-refractivity contribution in [1.29, 1.82) is 0 Å². The van der Waals surface area contributed by atoms with Crippen LogP contribution in [0, 0.1) is 6.07 Å². The summed E-state index contributed by atoms with van der Waals surface area (Å²) in [7, 11) is 3.78. The molecule has 3 aromatic rings. The van der Waals surface area contributed by atoms with Gasteiger partial charge in [-0.1, -0.05) is 24.3 Å². The van der Waals surface area contributed by atoms with Crippen molar-refractivity contribution in [2.75, 3.05) is 27.3 Å². The van der Waals surface area contributed by atoms with Crippen LogP contribution in [0.1, 0.15) is 5.56 Å². The van der Waals surface area contributed by atoms with Gasteiger partial charge in [-0.05, 0) is 24.2 Å². The van der Waals surface area contributed by atoms with Gasteiger partial charge in [0.05, 0.1) is 6.61 Å². The number of fused-ring (bicyclic) bond motifs is 1. The molecular formula is C19H21N4O2. The van der Waals surface area contributed by atoms with Gasteiger partial charge >= 0.3 is 6.03 Å². The minimum absolute atomic E-state index is 0.521. The van der Waals surface area contributed by atoms with Crippen molar-refractivity contribution in [3.05, 3.63) is 54.4 Å². The first kappa shape index (κ1) is 17.1. The number of aromatic nitrogens is 2. The van der Waals surface area contributed by atoms with E-state index in [0.717, 1.165) is 36.2 Å². The number of nitrogens with two attached hydrogens (primary N) is 1. The second-order valence-corrected chi connectivity index (χ2v) is 6.00. The van der Waals surface area contributed by atoms with E-state index in [0.29, 0.717) is 5.65 Å². The zero-order chi connectivity index (χ0) is 17.8. The molecule has 0 aliphatic heterocycles. The molecule has 0 spiro atoms. The minimum Gasteiger partial charge on any atom is -0.383 e. The molecule has 0 saturated heterocycles. The van der Waals surface area contributed by atoms with Crippen molar-refractivity contribution >= 4 is 17.1 Å². The van der Waals surface area contributed by atoms with E-state index in [9.17, 15) is 4.79 Å². The average molecular weight is 337 g/mol. The lowest BCUT2D eigenvalue weighted by Crippen LogP contribution is -2.22. The first-order valence-electron chi connectivity index (χ1n) is 8.04. The lowest BCUT2D eigenvalue weighted by molar-refractivity contribution is 0.158. The fraction of sp³-hybridized carbons (Fsp3) is 0.263. The molecule has 6 nitrogen and oxygen atoms in total. The Balaban J connectivity index is 1.78. The van der Waals surface area contributed by atoms with E-state index in [1.807, 2.05) is 6.07 Å². The Hall–Kier alpha value is -2.70. The number of carbonyl (C=O) groups is 1. The molecule has 0 saturated carbocycles. The van der Waals surface area contributed by atoms with E-state index < -0.39 is 6.03 Å². The maximum atomic E-state index is 11.3. The Morgan fingerprint density at radius 1 is 1.32 bits per heavy atom. The van der Waals surface area contributed by atoms with Crippen molar-refractivity contribution in [3.63, 3.8) is 0 Å². The van der Waals surface area contributed by atoms with Gasteiger partial charge in [0.15, 0.2) is 0 Å². The number of amides is 1. The molecular weight excluding hydrogens is 316 g/mol. The number of carbonyl (C=O) groups excluding carboxylic acids is 1. The highest BCUT2D eigenvalue weighted by atomic mass is 16.5. The third-order valence-corrected chi connectivity index (χ3v) is 4.10. The number of primary amides is 1. The predicted molar refractivity (Wildman–Crippen MR) is 97.2 cm³/mol. The number of ether oxygens (including phenoxy) is 1. The summed E-state index contributed by atoms with van der Waals surface area (Å²) in [5.74, 6) is 0. The molecule has 1 aromatic carbocycles. The van der Waals surface area contributed by atoms with Crippen molar-refractivity contribution in [2.24, 2.45) is 5.73 Å². The van der Waals surface area contributed by atoms with Crippen molar-refractivity contribution in [2.45, 2.75) is 6.54 Å². The van der Waals surface area contributed by atoms with Gasteiger partial charge in [-0.3, -0.25) is 9.47 Å². The number of hydrogen-bond acceptors (Lipinski definition) is 4. The van der Waals surface area contributed by atoms with Gasteiger partial charge in [-0.15, -0.1) is 0 Å². The van der Waals surface area contributed by atoms with Gasteiger partial charge in [0.25, 0.3) is 0 Å². The van der Waals surface area contributed by atoms with Crippen LogP contribution in [-0.4, -0.2) is 47.8 Å². The minimum atomic E-state index is -0.562. The van der Waals surface area contributed by atoms with E-state index in [1.54, 1.807) is 13.3 Å². The molecule has 0 fully saturated rings. The highest BCUT2D eigenvalue weighted by molar-refractivity contribution is 5.90. The Morgan fingerprint density at radius 2 is 2.08 bits per heavy atom. The molecule has 129 valence electrons. The van der Waals surface area contributed by atoms with E-state index in [1.165, 1.54) is 16.3 Å². The Labute approximate surface area is 146 Å². The van der Waals surface area contributed by atoms with Crippen LogP contribution >= 0.6 is 0 Å². The second kappa shape index (κ2) is 7.46. The molecule has 0 aliphatic rings. The van der Waals surface area contributed by atoms with E-state index in [4.69, 9.17) is 10.5 Å². The molecule has 1 radical (unpaired) electrons. The lowest BCUT2D eigenvalue weighted by Gasteiger charge is -2.16. The Morgan fingerprint density at radius 3 is 2.76 bits per heavy atom. The fourth-order valence-electron chi connectivity index (χ4n) is 2.72. The van der Waals surface area contributed by atoms with Gasteiger partial charge < -0.3 is 10.5 Å². The number of benzene rings is 1. The largest absolute Gasteiger partial charge is 0.383 e. The topological polar surface area (TPSA) is 73.4 Å². The summed E-state index contributed by atoms with van der Waals surface area (Å²) < 4.78 is 6.39. The number of rotatable bonds is 6. The molecule has 6 heteroatoms. The second-order valence-electron chi connectivity index (χ2n) is 6.00. The van der Waals surface area contributed by atoms with Crippen LogP contribution in [0.3, 0.4) is 0 Å². The molecule has 2 heterocycles. The molecule has 0 unspecified atom stereocenters. The number of methoxy groups -OCH3 is 1. The average Bonchev–Trinajstić information content (AvgIpc) is 3.04. The number of pyridine rings is 1. The Kier molecular flexibility index (Phi) is 5.11. The fourth-order valence-corrected chi connectivity index (χ4v) is 2.72. The smallest absolute Gasteiger partial charge is 0.324 e. The first-order chi connectivity index (χ1) is 12.1. The molecule has 0 aliphatic carbocycles.